The van der Waals surface area contributed by atoms with E-state index in [0.29, 0.717) is 17.5 Å². The van der Waals surface area contributed by atoms with Crippen LogP contribution < -0.4 is 16.8 Å². The molecule has 1 aliphatic carbocycles. The number of alkyl carbamates (subject to hydrolysis) is 1. The van der Waals surface area contributed by atoms with Gasteiger partial charge >= 0.3 is 6.09 Å². The van der Waals surface area contributed by atoms with E-state index in [0.717, 1.165) is 17.3 Å². The van der Waals surface area contributed by atoms with Crippen molar-refractivity contribution in [3.63, 3.8) is 0 Å². The van der Waals surface area contributed by atoms with E-state index in [1.54, 1.807) is 6.07 Å². The number of nitrogens with two attached hydrogens (primary N) is 2. The van der Waals surface area contributed by atoms with E-state index in [1.165, 1.54) is 17.0 Å². The summed E-state index contributed by atoms with van der Waals surface area (Å²) in [5, 5.41) is 2.93. The zero-order valence-electron chi connectivity index (χ0n) is 21.5. The number of aliphatic imine (C=N–C) groups is 1. The molecule has 2 atom stereocenters. The van der Waals surface area contributed by atoms with Crippen LogP contribution in [0.25, 0.3) is 0 Å². The Kier molecular flexibility index (Phi) is 7.76. The molecule has 0 saturated heterocycles. The third-order valence-electron chi connectivity index (χ3n) is 6.46. The van der Waals surface area contributed by atoms with E-state index in [1.807, 2.05) is 45.0 Å². The summed E-state index contributed by atoms with van der Waals surface area (Å²) in [6.07, 6.45) is 1.56. The minimum atomic E-state index is -1.30. The van der Waals surface area contributed by atoms with Gasteiger partial charge in [-0.05, 0) is 60.1 Å². The fourth-order valence-corrected chi connectivity index (χ4v) is 5.12. The second-order valence-electron chi connectivity index (χ2n) is 10.9. The van der Waals surface area contributed by atoms with Crippen molar-refractivity contribution in [1.29, 1.82) is 0 Å². The van der Waals surface area contributed by atoms with Gasteiger partial charge in [0.05, 0.1) is 16.6 Å². The molecule has 5 N–H and O–H groups in total. The number of halogens is 2. The third kappa shape index (κ3) is 5.96. The molecule has 2 aromatic carbocycles. The van der Waals surface area contributed by atoms with E-state index in [2.05, 4.69) is 21.2 Å². The number of ether oxygens (including phenoxy) is 1. The number of carbonyl (C=O) groups is 3. The molecule has 1 unspecified atom stereocenters. The first-order chi connectivity index (χ1) is 17.8. The Morgan fingerprint density at radius 2 is 1.89 bits per heavy atom. The van der Waals surface area contributed by atoms with Crippen LogP contribution in [0.4, 0.5) is 4.79 Å². The van der Waals surface area contributed by atoms with Crippen LogP contribution in [0.1, 0.15) is 67.6 Å². The van der Waals surface area contributed by atoms with E-state index in [4.69, 9.17) is 32.8 Å². The van der Waals surface area contributed by atoms with Gasteiger partial charge in [-0.1, -0.05) is 66.5 Å². The van der Waals surface area contributed by atoms with Gasteiger partial charge in [0.1, 0.15) is 6.61 Å². The number of hydrogen-bond donors (Lipinski definition) is 3. The van der Waals surface area contributed by atoms with Crippen LogP contribution in [0.2, 0.25) is 5.02 Å². The van der Waals surface area contributed by atoms with Gasteiger partial charge in [-0.3, -0.25) is 14.5 Å². The number of nitrogens with one attached hydrogen (secondary N) is 1. The summed E-state index contributed by atoms with van der Waals surface area (Å²) in [7, 11) is 0. The summed E-state index contributed by atoms with van der Waals surface area (Å²) >= 11 is 9.63. The predicted molar refractivity (Wildman–Crippen MR) is 149 cm³/mol. The van der Waals surface area contributed by atoms with Crippen LogP contribution in [0.5, 0.6) is 0 Å². The lowest BCUT2D eigenvalue weighted by Gasteiger charge is -2.34. The van der Waals surface area contributed by atoms with Crippen LogP contribution >= 0.6 is 27.5 Å². The average molecular weight is 605 g/mol. The lowest BCUT2D eigenvalue weighted by molar-refractivity contribution is -0.135. The number of hydrogen-bond acceptors (Lipinski definition) is 6. The monoisotopic (exact) mass is 603 g/mol. The van der Waals surface area contributed by atoms with Crippen molar-refractivity contribution >= 4 is 51.4 Å². The van der Waals surface area contributed by atoms with Gasteiger partial charge in [0.2, 0.25) is 5.91 Å². The van der Waals surface area contributed by atoms with Crippen molar-refractivity contribution in [2.45, 2.75) is 57.7 Å². The van der Waals surface area contributed by atoms with Gasteiger partial charge in [-0.2, -0.15) is 0 Å². The van der Waals surface area contributed by atoms with Crippen LogP contribution in [-0.4, -0.2) is 41.4 Å². The summed E-state index contributed by atoms with van der Waals surface area (Å²) in [4.78, 5) is 44.9. The number of rotatable bonds is 8. The van der Waals surface area contributed by atoms with Crippen molar-refractivity contribution < 1.29 is 19.1 Å². The van der Waals surface area contributed by atoms with Crippen LogP contribution in [0, 0.1) is 5.41 Å². The molecule has 2 aliphatic rings. The number of carbonyl (C=O) groups excluding carboxylic acids is 3. The molecule has 38 heavy (non-hydrogen) atoms. The highest BCUT2D eigenvalue weighted by Crippen LogP contribution is 2.45. The van der Waals surface area contributed by atoms with Crippen LogP contribution in [-0.2, 0) is 15.1 Å². The molecule has 1 aliphatic heterocycles. The van der Waals surface area contributed by atoms with E-state index in [-0.39, 0.29) is 40.5 Å². The van der Waals surface area contributed by atoms with Crippen LogP contribution in [0.3, 0.4) is 0 Å². The standard InChI is InChI=1S/C27H31BrClN5O4/c1-26(2,3)14-27(16-5-7-17(28)8-6-16)23(36)34(24(31)33-27)21(13-38-25(37)32-18-9-10-18)15-4-11-20(29)19(12-15)22(30)35/h4-8,11-12,18,21H,9-10,13-14H2,1-3H3,(H2,30,35)(H2,31,33)(H,32,37)/t21?,27-/m1/s1. The molecule has 0 bridgehead atoms. The summed E-state index contributed by atoms with van der Waals surface area (Å²) in [5.41, 5.74) is 11.6. The largest absolute Gasteiger partial charge is 0.447 e. The maximum atomic E-state index is 14.4. The second-order valence-corrected chi connectivity index (χ2v) is 12.2. The topological polar surface area (TPSA) is 140 Å². The Balaban J connectivity index is 1.77. The molecular formula is C27H31BrClN5O4. The molecule has 11 heteroatoms. The quantitative estimate of drug-likeness (QED) is 0.403. The molecule has 4 rings (SSSR count). The van der Waals surface area contributed by atoms with E-state index >= 15 is 0 Å². The van der Waals surface area contributed by atoms with Crippen LogP contribution in [0.15, 0.2) is 51.9 Å². The highest BCUT2D eigenvalue weighted by molar-refractivity contribution is 9.10. The van der Waals surface area contributed by atoms with Gasteiger partial charge in [-0.25, -0.2) is 9.79 Å². The fraction of sp³-hybridized carbons (Fsp3) is 0.407. The molecule has 2 aromatic rings. The number of nitrogens with zero attached hydrogens (tertiary/aromatic N) is 2. The minimum Gasteiger partial charge on any atom is -0.447 e. The predicted octanol–water partition coefficient (Wildman–Crippen LogP) is 4.62. The maximum Gasteiger partial charge on any atom is 0.407 e. The summed E-state index contributed by atoms with van der Waals surface area (Å²) in [6, 6.07) is 11.2. The molecule has 0 spiro atoms. The van der Waals surface area contributed by atoms with E-state index < -0.39 is 23.6 Å². The molecule has 9 nitrogen and oxygen atoms in total. The highest BCUT2D eigenvalue weighted by atomic mass is 79.9. The molecule has 202 valence electrons. The van der Waals surface area contributed by atoms with Crippen molar-refractivity contribution in [3.8, 4) is 0 Å². The normalized spacial score (nSPS) is 20.2. The molecule has 1 fully saturated rings. The minimum absolute atomic E-state index is 0.0195. The van der Waals surface area contributed by atoms with Gasteiger partial charge in [0.25, 0.3) is 5.91 Å². The van der Waals surface area contributed by atoms with Crippen molar-refractivity contribution in [1.82, 2.24) is 10.2 Å². The number of guanidine groups is 1. The first-order valence-corrected chi connectivity index (χ1v) is 13.5. The highest BCUT2D eigenvalue weighted by Gasteiger charge is 2.53. The SMILES string of the molecule is CC(C)(C)C[C@]1(c2ccc(Br)cc2)N=C(N)N(C(COC(=O)NC2CC2)c2ccc(Cl)c(C(N)=O)c2)C1=O. The Morgan fingerprint density at radius 1 is 1.24 bits per heavy atom. The number of benzene rings is 2. The molecule has 1 heterocycles. The molecule has 0 radical (unpaired) electrons. The molecule has 3 amide bonds. The Hall–Kier alpha value is -3.11. The fourth-order valence-electron chi connectivity index (χ4n) is 4.65. The van der Waals surface area contributed by atoms with Gasteiger partial charge in [-0.15, -0.1) is 0 Å². The lowest BCUT2D eigenvalue weighted by Crippen LogP contribution is -2.47. The molecule has 0 aromatic heterocycles. The lowest BCUT2D eigenvalue weighted by atomic mass is 9.75. The second kappa shape index (κ2) is 10.6. The Morgan fingerprint density at radius 3 is 2.47 bits per heavy atom. The van der Waals surface area contributed by atoms with Gasteiger partial charge in [0, 0.05) is 10.5 Å². The number of amides is 3. The zero-order chi connectivity index (χ0) is 27.8. The third-order valence-corrected chi connectivity index (χ3v) is 7.31. The zero-order valence-corrected chi connectivity index (χ0v) is 23.8. The maximum absolute atomic E-state index is 14.4. The first kappa shape index (κ1) is 27.9. The summed E-state index contributed by atoms with van der Waals surface area (Å²) in [5.74, 6) is -1.11. The van der Waals surface area contributed by atoms with Crippen molar-refractivity contribution in [3.05, 3.63) is 68.7 Å². The first-order valence-electron chi connectivity index (χ1n) is 12.3. The molecular weight excluding hydrogens is 574 g/mol. The smallest absolute Gasteiger partial charge is 0.407 e. The number of primary amides is 1. The van der Waals surface area contributed by atoms with Crippen molar-refractivity contribution in [2.24, 2.45) is 21.9 Å². The Labute approximate surface area is 235 Å². The Bertz CT molecular complexity index is 1290. The average Bonchev–Trinajstić information content (AvgIpc) is 3.60. The van der Waals surface area contributed by atoms with Gasteiger partial charge in [0.15, 0.2) is 11.5 Å². The van der Waals surface area contributed by atoms with E-state index in [9.17, 15) is 14.4 Å². The summed E-state index contributed by atoms with van der Waals surface area (Å²) in [6.45, 7) is 5.84. The molecule has 1 saturated carbocycles. The van der Waals surface area contributed by atoms with Crippen molar-refractivity contribution in [2.75, 3.05) is 6.61 Å². The van der Waals surface area contributed by atoms with Gasteiger partial charge < -0.3 is 21.5 Å². The summed E-state index contributed by atoms with van der Waals surface area (Å²) < 4.78 is 6.39.